The minimum Gasteiger partial charge on any atom is -0.493 e. The monoisotopic (exact) mass is 266 g/mol. The average molecular weight is 266 g/mol. The number of benzene rings is 1. The fraction of sp³-hybridized carbons (Fsp3) is 0.600. The first-order valence-corrected chi connectivity index (χ1v) is 6.76. The molecule has 1 aromatic carbocycles. The van der Waals surface area contributed by atoms with Crippen molar-refractivity contribution in [3.63, 3.8) is 0 Å². The van der Waals surface area contributed by atoms with Crippen LogP contribution in [0.1, 0.15) is 27.7 Å². The van der Waals surface area contributed by atoms with Gasteiger partial charge >= 0.3 is 0 Å². The second-order valence-corrected chi connectivity index (χ2v) is 5.40. The number of rotatable bonds is 7. The van der Waals surface area contributed by atoms with Gasteiger partial charge in [-0.1, -0.05) is 0 Å². The van der Waals surface area contributed by atoms with Crippen molar-refractivity contribution in [3.8, 4) is 11.5 Å². The van der Waals surface area contributed by atoms with Crippen LogP contribution in [-0.2, 0) is 0 Å². The van der Waals surface area contributed by atoms with Gasteiger partial charge in [0.05, 0.1) is 13.7 Å². The Labute approximate surface area is 116 Å². The quantitative estimate of drug-likeness (QED) is 0.745. The predicted molar refractivity (Wildman–Crippen MR) is 80.4 cm³/mol. The third kappa shape index (κ3) is 5.83. The van der Waals surface area contributed by atoms with Crippen LogP contribution < -0.4 is 20.1 Å². The van der Waals surface area contributed by atoms with Crippen LogP contribution in [0.5, 0.6) is 11.5 Å². The maximum absolute atomic E-state index is 5.49. The summed E-state index contributed by atoms with van der Waals surface area (Å²) in [5, 5.41) is 6.80. The third-order valence-electron chi connectivity index (χ3n) is 2.57. The highest BCUT2D eigenvalue weighted by atomic mass is 16.5. The first-order chi connectivity index (χ1) is 8.96. The van der Waals surface area contributed by atoms with Crippen LogP contribution in [0.25, 0.3) is 0 Å². The van der Waals surface area contributed by atoms with Crippen LogP contribution in [0.4, 0.5) is 5.69 Å². The zero-order valence-electron chi connectivity index (χ0n) is 12.7. The molecule has 0 bridgehead atoms. The molecule has 1 rings (SSSR count). The lowest BCUT2D eigenvalue weighted by atomic mass is 10.1. The molecule has 0 saturated heterocycles. The van der Waals surface area contributed by atoms with Gasteiger partial charge in [0.2, 0.25) is 0 Å². The summed E-state index contributed by atoms with van der Waals surface area (Å²) in [5.41, 5.74) is 1.19. The summed E-state index contributed by atoms with van der Waals surface area (Å²) in [5.74, 6) is 1.54. The van der Waals surface area contributed by atoms with E-state index in [2.05, 4.69) is 31.4 Å². The molecule has 19 heavy (non-hydrogen) atoms. The minimum absolute atomic E-state index is 0.151. The normalized spacial score (nSPS) is 11.2. The van der Waals surface area contributed by atoms with Crippen LogP contribution in [0.2, 0.25) is 0 Å². The van der Waals surface area contributed by atoms with Gasteiger partial charge in [-0.15, -0.1) is 0 Å². The Morgan fingerprint density at radius 3 is 2.42 bits per heavy atom. The zero-order valence-corrected chi connectivity index (χ0v) is 12.7. The van der Waals surface area contributed by atoms with E-state index in [1.807, 2.05) is 25.1 Å². The number of nitrogens with one attached hydrogen (secondary N) is 2. The molecule has 0 heterocycles. The summed E-state index contributed by atoms with van der Waals surface area (Å²) < 4.78 is 10.8. The molecule has 4 heteroatoms. The summed E-state index contributed by atoms with van der Waals surface area (Å²) >= 11 is 0. The number of anilines is 1. The largest absolute Gasteiger partial charge is 0.493 e. The van der Waals surface area contributed by atoms with Crippen LogP contribution in [0.15, 0.2) is 18.2 Å². The molecule has 0 saturated carbocycles. The molecule has 0 atom stereocenters. The van der Waals surface area contributed by atoms with Gasteiger partial charge in [-0.2, -0.15) is 0 Å². The maximum Gasteiger partial charge on any atom is 0.162 e. The average Bonchev–Trinajstić information content (AvgIpc) is 2.35. The third-order valence-corrected chi connectivity index (χ3v) is 2.57. The molecule has 0 radical (unpaired) electrons. The van der Waals surface area contributed by atoms with E-state index in [9.17, 15) is 0 Å². The van der Waals surface area contributed by atoms with Crippen LogP contribution in [0, 0.1) is 0 Å². The summed E-state index contributed by atoms with van der Waals surface area (Å²) in [4.78, 5) is 0. The molecule has 0 fully saturated rings. The van der Waals surface area contributed by atoms with E-state index in [0.717, 1.165) is 30.3 Å². The van der Waals surface area contributed by atoms with E-state index in [1.165, 1.54) is 0 Å². The van der Waals surface area contributed by atoms with E-state index < -0.39 is 0 Å². The lowest BCUT2D eigenvalue weighted by Crippen LogP contribution is -2.38. The van der Waals surface area contributed by atoms with Crippen molar-refractivity contribution >= 4 is 5.69 Å². The summed E-state index contributed by atoms with van der Waals surface area (Å²) in [6.45, 7) is 10.9. The molecule has 1 aromatic rings. The molecule has 4 nitrogen and oxygen atoms in total. The second-order valence-electron chi connectivity index (χ2n) is 5.40. The van der Waals surface area contributed by atoms with Crippen molar-refractivity contribution in [2.45, 2.75) is 33.2 Å². The molecule has 0 unspecified atom stereocenters. The van der Waals surface area contributed by atoms with Crippen LogP contribution in [-0.4, -0.2) is 32.3 Å². The van der Waals surface area contributed by atoms with Gasteiger partial charge in [-0.3, -0.25) is 0 Å². The highest BCUT2D eigenvalue weighted by Gasteiger charge is 2.08. The Hall–Kier alpha value is -1.42. The van der Waals surface area contributed by atoms with Gasteiger partial charge in [-0.25, -0.2) is 0 Å². The first-order valence-electron chi connectivity index (χ1n) is 6.76. The second kappa shape index (κ2) is 7.24. The smallest absolute Gasteiger partial charge is 0.162 e. The van der Waals surface area contributed by atoms with Crippen molar-refractivity contribution in [2.75, 3.05) is 32.1 Å². The molecular formula is C15H26N2O2. The van der Waals surface area contributed by atoms with Crippen LogP contribution >= 0.6 is 0 Å². The van der Waals surface area contributed by atoms with Crippen molar-refractivity contribution in [2.24, 2.45) is 0 Å². The molecule has 0 aliphatic carbocycles. The van der Waals surface area contributed by atoms with Gasteiger partial charge in [0, 0.05) is 30.4 Å². The van der Waals surface area contributed by atoms with E-state index >= 15 is 0 Å². The molecular weight excluding hydrogens is 240 g/mol. The molecule has 0 aliphatic heterocycles. The van der Waals surface area contributed by atoms with E-state index in [4.69, 9.17) is 9.47 Å². The van der Waals surface area contributed by atoms with Crippen molar-refractivity contribution in [3.05, 3.63) is 18.2 Å². The Morgan fingerprint density at radius 1 is 1.11 bits per heavy atom. The summed E-state index contributed by atoms with van der Waals surface area (Å²) in [7, 11) is 1.66. The highest BCUT2D eigenvalue weighted by Crippen LogP contribution is 2.29. The minimum atomic E-state index is 0.151. The van der Waals surface area contributed by atoms with Gasteiger partial charge < -0.3 is 20.1 Å². The van der Waals surface area contributed by atoms with Gasteiger partial charge in [-0.05, 0) is 39.8 Å². The lowest BCUT2D eigenvalue weighted by Gasteiger charge is -2.21. The predicted octanol–water partition coefficient (Wildman–Crippen LogP) is 2.89. The topological polar surface area (TPSA) is 42.5 Å². The van der Waals surface area contributed by atoms with Crippen LogP contribution in [0.3, 0.4) is 0 Å². The lowest BCUT2D eigenvalue weighted by molar-refractivity contribution is 0.311. The Balaban J connectivity index is 2.50. The standard InChI is InChI=1S/C15H26N2O2/c1-6-19-13-8-7-12(11-14(13)18-5)16-9-10-17-15(2,3)4/h7-8,11,16-17H,6,9-10H2,1-5H3. The number of ether oxygens (including phenoxy) is 2. The highest BCUT2D eigenvalue weighted by molar-refractivity contribution is 5.54. The Kier molecular flexibility index (Phi) is 5.96. The first kappa shape index (κ1) is 15.6. The van der Waals surface area contributed by atoms with Gasteiger partial charge in [0.1, 0.15) is 0 Å². The van der Waals surface area contributed by atoms with Crippen molar-refractivity contribution in [1.82, 2.24) is 5.32 Å². The van der Waals surface area contributed by atoms with Gasteiger partial charge in [0.15, 0.2) is 11.5 Å². The van der Waals surface area contributed by atoms with Gasteiger partial charge in [0.25, 0.3) is 0 Å². The molecule has 0 aliphatic rings. The van der Waals surface area contributed by atoms with E-state index in [1.54, 1.807) is 7.11 Å². The van der Waals surface area contributed by atoms with Crippen molar-refractivity contribution in [1.29, 1.82) is 0 Å². The van der Waals surface area contributed by atoms with E-state index in [-0.39, 0.29) is 5.54 Å². The number of hydrogen-bond acceptors (Lipinski definition) is 4. The molecule has 2 N–H and O–H groups in total. The molecule has 0 amide bonds. The Bertz CT molecular complexity index is 386. The number of methoxy groups -OCH3 is 1. The summed E-state index contributed by atoms with van der Waals surface area (Å²) in [6.07, 6.45) is 0. The fourth-order valence-corrected chi connectivity index (χ4v) is 1.70. The maximum atomic E-state index is 5.49. The Morgan fingerprint density at radius 2 is 1.84 bits per heavy atom. The summed E-state index contributed by atoms with van der Waals surface area (Å²) in [6, 6.07) is 5.90. The SMILES string of the molecule is CCOc1ccc(NCCNC(C)(C)C)cc1OC. The molecule has 0 spiro atoms. The molecule has 108 valence electrons. The van der Waals surface area contributed by atoms with E-state index in [0.29, 0.717) is 6.61 Å². The van der Waals surface area contributed by atoms with Crippen molar-refractivity contribution < 1.29 is 9.47 Å². The zero-order chi connectivity index (χ0) is 14.3. The fourth-order valence-electron chi connectivity index (χ4n) is 1.70. The molecule has 0 aromatic heterocycles. The number of hydrogen-bond donors (Lipinski definition) is 2.